The van der Waals surface area contributed by atoms with Crippen molar-refractivity contribution in [3.8, 4) is 0 Å². The van der Waals surface area contributed by atoms with Crippen LogP contribution in [0.2, 0.25) is 0 Å². The van der Waals surface area contributed by atoms with Crippen molar-refractivity contribution in [2.24, 2.45) is 0 Å². The highest BCUT2D eigenvalue weighted by molar-refractivity contribution is 7.98. The van der Waals surface area contributed by atoms with Gasteiger partial charge in [0.05, 0.1) is 0 Å². The summed E-state index contributed by atoms with van der Waals surface area (Å²) in [5.74, 6) is 1.14. The normalized spacial score (nSPS) is 14.5. The molecule has 1 aliphatic rings. The summed E-state index contributed by atoms with van der Waals surface area (Å²) in [6.45, 7) is 1.50. The van der Waals surface area contributed by atoms with Crippen molar-refractivity contribution in [3.63, 3.8) is 0 Å². The summed E-state index contributed by atoms with van der Waals surface area (Å²) >= 11 is 1.71. The fourth-order valence-corrected chi connectivity index (χ4v) is 2.55. The molecule has 4 heteroatoms. The topological polar surface area (TPSA) is 46.3 Å². The molecule has 0 saturated heterocycles. The van der Waals surface area contributed by atoms with Gasteiger partial charge in [0.2, 0.25) is 5.91 Å². The van der Waals surface area contributed by atoms with Crippen LogP contribution >= 0.6 is 11.8 Å². The molecular weight excluding hydrogens is 232 g/mol. The Bertz CT molecular complexity index is 420. The minimum atomic E-state index is 0.244. The first-order valence-corrected chi connectivity index (χ1v) is 7.24. The van der Waals surface area contributed by atoms with Gasteiger partial charge in [-0.3, -0.25) is 4.79 Å². The van der Waals surface area contributed by atoms with Crippen LogP contribution in [0, 0.1) is 0 Å². The van der Waals surface area contributed by atoms with E-state index in [1.807, 2.05) is 23.3 Å². The number of amides is 1. The van der Waals surface area contributed by atoms with Crippen LogP contribution in [-0.4, -0.2) is 29.4 Å². The maximum absolute atomic E-state index is 11.9. The highest BCUT2D eigenvalue weighted by Crippen LogP contribution is 2.24. The minimum Gasteiger partial charge on any atom is -0.398 e. The number of nitrogens with zero attached hydrogens (tertiary/aromatic N) is 1. The molecule has 1 aliphatic heterocycles. The van der Waals surface area contributed by atoms with Crippen LogP contribution < -0.4 is 5.73 Å². The van der Waals surface area contributed by atoms with E-state index in [0.29, 0.717) is 13.0 Å². The molecule has 17 heavy (non-hydrogen) atoms. The van der Waals surface area contributed by atoms with Crippen molar-refractivity contribution in [2.45, 2.75) is 19.4 Å². The van der Waals surface area contributed by atoms with Crippen molar-refractivity contribution < 1.29 is 4.79 Å². The molecule has 2 N–H and O–H groups in total. The maximum Gasteiger partial charge on any atom is 0.223 e. The molecule has 0 saturated carbocycles. The molecule has 0 unspecified atom stereocenters. The summed E-state index contributed by atoms with van der Waals surface area (Å²) in [5.41, 5.74) is 9.20. The zero-order chi connectivity index (χ0) is 12.3. The number of rotatable bonds is 3. The van der Waals surface area contributed by atoms with Gasteiger partial charge in [-0.15, -0.1) is 0 Å². The van der Waals surface area contributed by atoms with Gasteiger partial charge in [-0.05, 0) is 29.9 Å². The lowest BCUT2D eigenvalue weighted by molar-refractivity contribution is -0.131. The van der Waals surface area contributed by atoms with E-state index in [-0.39, 0.29) is 5.91 Å². The summed E-state index contributed by atoms with van der Waals surface area (Å²) < 4.78 is 0. The maximum atomic E-state index is 11.9. The van der Waals surface area contributed by atoms with Gasteiger partial charge in [-0.2, -0.15) is 11.8 Å². The predicted octanol–water partition coefficient (Wildman–Crippen LogP) is 1.91. The Morgan fingerprint density at radius 2 is 2.35 bits per heavy atom. The van der Waals surface area contributed by atoms with E-state index in [4.69, 9.17) is 5.73 Å². The standard InChI is InChI=1S/C13H18N2OS/c1-17-8-6-13(16)15-7-5-10-3-2-4-12(14)11(10)9-15/h2-4H,5-9,14H2,1H3. The second-order valence-electron chi connectivity index (χ2n) is 4.29. The Kier molecular flexibility index (Phi) is 3.94. The molecule has 1 aromatic carbocycles. The highest BCUT2D eigenvalue weighted by Gasteiger charge is 2.21. The molecular formula is C13H18N2OS. The molecule has 0 aromatic heterocycles. The molecule has 0 fully saturated rings. The van der Waals surface area contributed by atoms with E-state index in [2.05, 4.69) is 6.07 Å². The molecule has 3 nitrogen and oxygen atoms in total. The Morgan fingerprint density at radius 3 is 3.12 bits per heavy atom. The second kappa shape index (κ2) is 5.45. The van der Waals surface area contributed by atoms with Crippen molar-refractivity contribution >= 4 is 23.4 Å². The first kappa shape index (κ1) is 12.3. The number of thioether (sulfide) groups is 1. The van der Waals surface area contributed by atoms with Gasteiger partial charge in [0, 0.05) is 31.0 Å². The van der Waals surface area contributed by atoms with Gasteiger partial charge in [0.1, 0.15) is 0 Å². The second-order valence-corrected chi connectivity index (χ2v) is 5.28. The molecule has 1 heterocycles. The van der Waals surface area contributed by atoms with Crippen LogP contribution in [0.4, 0.5) is 5.69 Å². The third kappa shape index (κ3) is 2.75. The number of hydrogen-bond donors (Lipinski definition) is 1. The fraction of sp³-hybridized carbons (Fsp3) is 0.462. The Balaban J connectivity index is 2.07. The SMILES string of the molecule is CSCCC(=O)N1CCc2cccc(N)c2C1. The third-order valence-electron chi connectivity index (χ3n) is 3.18. The number of anilines is 1. The largest absolute Gasteiger partial charge is 0.398 e. The van der Waals surface area contributed by atoms with E-state index in [9.17, 15) is 4.79 Å². The van der Waals surface area contributed by atoms with Crippen LogP contribution in [0.15, 0.2) is 18.2 Å². The number of nitrogens with two attached hydrogens (primary N) is 1. The molecule has 1 amide bonds. The number of nitrogen functional groups attached to an aromatic ring is 1. The molecule has 0 spiro atoms. The van der Waals surface area contributed by atoms with Crippen LogP contribution in [0.5, 0.6) is 0 Å². The van der Waals surface area contributed by atoms with Crippen LogP contribution in [0.3, 0.4) is 0 Å². The zero-order valence-electron chi connectivity index (χ0n) is 10.1. The van der Waals surface area contributed by atoms with E-state index >= 15 is 0 Å². The summed E-state index contributed by atoms with van der Waals surface area (Å²) in [7, 11) is 0. The van der Waals surface area contributed by atoms with E-state index in [1.165, 1.54) is 5.56 Å². The smallest absolute Gasteiger partial charge is 0.223 e. The van der Waals surface area contributed by atoms with Gasteiger partial charge in [0.25, 0.3) is 0 Å². The predicted molar refractivity (Wildman–Crippen MR) is 73.0 cm³/mol. The van der Waals surface area contributed by atoms with Crippen molar-refractivity contribution in [2.75, 3.05) is 24.3 Å². The van der Waals surface area contributed by atoms with Crippen molar-refractivity contribution in [3.05, 3.63) is 29.3 Å². The average Bonchev–Trinajstić information content (AvgIpc) is 2.36. The minimum absolute atomic E-state index is 0.244. The van der Waals surface area contributed by atoms with Gasteiger partial charge in [-0.1, -0.05) is 12.1 Å². The van der Waals surface area contributed by atoms with Crippen LogP contribution in [0.1, 0.15) is 17.5 Å². The number of benzene rings is 1. The molecule has 2 rings (SSSR count). The Morgan fingerprint density at radius 1 is 1.53 bits per heavy atom. The first-order valence-electron chi connectivity index (χ1n) is 5.85. The number of hydrogen-bond acceptors (Lipinski definition) is 3. The van der Waals surface area contributed by atoms with Gasteiger partial charge in [-0.25, -0.2) is 0 Å². The number of carbonyl (C=O) groups excluding carboxylic acids is 1. The monoisotopic (exact) mass is 250 g/mol. The van der Waals surface area contributed by atoms with E-state index < -0.39 is 0 Å². The first-order chi connectivity index (χ1) is 8.22. The molecule has 0 aliphatic carbocycles. The molecule has 0 atom stereocenters. The Labute approximate surface area is 106 Å². The summed E-state index contributed by atoms with van der Waals surface area (Å²) in [6, 6.07) is 6.00. The van der Waals surface area contributed by atoms with E-state index in [0.717, 1.165) is 30.0 Å². The van der Waals surface area contributed by atoms with Crippen molar-refractivity contribution in [1.82, 2.24) is 4.90 Å². The molecule has 92 valence electrons. The zero-order valence-corrected chi connectivity index (χ0v) is 10.9. The summed E-state index contributed by atoms with van der Waals surface area (Å²) in [6.07, 6.45) is 3.57. The molecule has 1 aromatic rings. The fourth-order valence-electron chi connectivity index (χ4n) is 2.17. The third-order valence-corrected chi connectivity index (χ3v) is 3.79. The van der Waals surface area contributed by atoms with Gasteiger partial charge < -0.3 is 10.6 Å². The van der Waals surface area contributed by atoms with E-state index in [1.54, 1.807) is 11.8 Å². The van der Waals surface area contributed by atoms with Gasteiger partial charge >= 0.3 is 0 Å². The molecule has 0 radical (unpaired) electrons. The summed E-state index contributed by atoms with van der Waals surface area (Å²) in [5, 5.41) is 0. The Hall–Kier alpha value is -1.16. The van der Waals surface area contributed by atoms with Crippen molar-refractivity contribution in [1.29, 1.82) is 0 Å². The lowest BCUT2D eigenvalue weighted by Crippen LogP contribution is -2.36. The van der Waals surface area contributed by atoms with Crippen LogP contribution in [0.25, 0.3) is 0 Å². The average molecular weight is 250 g/mol. The van der Waals surface area contributed by atoms with Crippen LogP contribution in [-0.2, 0) is 17.8 Å². The van der Waals surface area contributed by atoms with Gasteiger partial charge in [0.15, 0.2) is 0 Å². The molecule has 0 bridgehead atoms. The lowest BCUT2D eigenvalue weighted by Gasteiger charge is -2.29. The number of carbonyl (C=O) groups is 1. The highest BCUT2D eigenvalue weighted by atomic mass is 32.2. The lowest BCUT2D eigenvalue weighted by atomic mass is 9.98. The number of fused-ring (bicyclic) bond motifs is 1. The quantitative estimate of drug-likeness (QED) is 0.834. The summed E-state index contributed by atoms with van der Waals surface area (Å²) in [4.78, 5) is 13.9.